The molecule has 0 radical (unpaired) electrons. The normalized spacial score (nSPS) is 23.9. The van der Waals surface area contributed by atoms with Crippen molar-refractivity contribution in [2.24, 2.45) is 11.7 Å². The van der Waals surface area contributed by atoms with Crippen molar-refractivity contribution in [1.29, 1.82) is 0 Å². The molecule has 0 spiro atoms. The van der Waals surface area contributed by atoms with Gasteiger partial charge in [-0.3, -0.25) is 0 Å². The maximum absolute atomic E-state index is 11.7. The summed E-state index contributed by atoms with van der Waals surface area (Å²) in [6, 6.07) is 0. The van der Waals surface area contributed by atoms with Crippen LogP contribution in [0.1, 0.15) is 19.8 Å². The second kappa shape index (κ2) is 5.20. The van der Waals surface area contributed by atoms with E-state index in [1.165, 1.54) is 4.31 Å². The highest BCUT2D eigenvalue weighted by Crippen LogP contribution is 2.18. The number of piperidine rings is 1. The molecule has 1 fully saturated rings. The number of nitrogens with two attached hydrogens (primary N) is 1. The first-order chi connectivity index (χ1) is 6.97. The molecule has 1 rings (SSSR count). The lowest BCUT2D eigenvalue weighted by Crippen LogP contribution is -2.48. The Morgan fingerprint density at radius 2 is 2.33 bits per heavy atom. The Hall–Kier alpha value is -0.240. The van der Waals surface area contributed by atoms with E-state index < -0.39 is 10.2 Å². The molecule has 1 heterocycles. The smallest absolute Gasteiger partial charge is 0.279 e. The number of nitrogens with zero attached hydrogens (tertiary/aromatic N) is 1. The minimum atomic E-state index is -3.33. The Morgan fingerprint density at radius 3 is 2.87 bits per heavy atom. The minimum Gasteiger partial charge on any atom is -0.393 e. The second-order valence-electron chi connectivity index (χ2n) is 3.60. The maximum atomic E-state index is 11.7. The van der Waals surface area contributed by atoms with Gasteiger partial charge in [0.2, 0.25) is 0 Å². The molecule has 3 N–H and O–H groups in total. The Kier molecular flexibility index (Phi) is 4.45. The van der Waals surface area contributed by atoms with Crippen LogP contribution in [0.25, 0.3) is 0 Å². The van der Waals surface area contributed by atoms with Crippen LogP contribution in [0.4, 0.5) is 0 Å². The van der Waals surface area contributed by atoms with Gasteiger partial charge in [-0.2, -0.15) is 12.7 Å². The first-order valence-corrected chi connectivity index (χ1v) is 6.86. The Balaban J connectivity index is 2.67. The molecule has 0 aromatic carbocycles. The average molecular weight is 251 g/mol. The van der Waals surface area contributed by atoms with Crippen molar-refractivity contribution in [3.8, 4) is 0 Å². The minimum absolute atomic E-state index is 0.0159. The standard InChI is InChI=1S/C8H17N3O2S2/c1-2-10-15(12,13)11-5-3-4-7(6-11)8(9)14/h7,10H,2-6H2,1H3,(H2,9,14). The molecule has 0 amide bonds. The molecular weight excluding hydrogens is 234 g/mol. The SMILES string of the molecule is CCNS(=O)(=O)N1CCCC(C(N)=S)C1. The molecule has 1 aliphatic rings. The van der Waals surface area contributed by atoms with Gasteiger partial charge in [-0.15, -0.1) is 0 Å². The molecule has 0 aromatic rings. The summed E-state index contributed by atoms with van der Waals surface area (Å²) >= 11 is 4.89. The number of rotatable bonds is 4. The Labute approximate surface area is 96.2 Å². The maximum Gasteiger partial charge on any atom is 0.279 e. The van der Waals surface area contributed by atoms with E-state index in [4.69, 9.17) is 18.0 Å². The predicted molar refractivity (Wildman–Crippen MR) is 63.7 cm³/mol. The van der Waals surface area contributed by atoms with Crippen molar-refractivity contribution in [2.45, 2.75) is 19.8 Å². The van der Waals surface area contributed by atoms with E-state index in [1.54, 1.807) is 6.92 Å². The van der Waals surface area contributed by atoms with Crippen LogP contribution in [0.2, 0.25) is 0 Å². The quantitative estimate of drug-likeness (QED) is 0.681. The molecule has 5 nitrogen and oxygen atoms in total. The molecule has 88 valence electrons. The third-order valence-corrected chi connectivity index (χ3v) is 4.45. The van der Waals surface area contributed by atoms with Crippen LogP contribution in [-0.2, 0) is 10.2 Å². The van der Waals surface area contributed by atoms with E-state index in [2.05, 4.69) is 4.72 Å². The zero-order chi connectivity index (χ0) is 11.5. The third-order valence-electron chi connectivity index (χ3n) is 2.45. The lowest BCUT2D eigenvalue weighted by Gasteiger charge is -2.31. The van der Waals surface area contributed by atoms with Gasteiger partial charge in [0.05, 0.1) is 4.99 Å². The van der Waals surface area contributed by atoms with E-state index in [9.17, 15) is 8.42 Å². The summed E-state index contributed by atoms with van der Waals surface area (Å²) < 4.78 is 27.3. The molecule has 7 heteroatoms. The van der Waals surface area contributed by atoms with Crippen molar-refractivity contribution in [3.63, 3.8) is 0 Å². The molecule has 1 aliphatic heterocycles. The topological polar surface area (TPSA) is 75.4 Å². The molecule has 1 unspecified atom stereocenters. The van der Waals surface area contributed by atoms with E-state index in [0.29, 0.717) is 24.6 Å². The van der Waals surface area contributed by atoms with Crippen LogP contribution >= 0.6 is 12.2 Å². The molecule has 0 bridgehead atoms. The molecule has 15 heavy (non-hydrogen) atoms. The molecule has 1 atom stereocenters. The van der Waals surface area contributed by atoms with E-state index in [0.717, 1.165) is 12.8 Å². The second-order valence-corrected chi connectivity index (χ2v) is 5.83. The highest BCUT2D eigenvalue weighted by molar-refractivity contribution is 7.87. The van der Waals surface area contributed by atoms with Gasteiger partial charge in [0.15, 0.2) is 0 Å². The van der Waals surface area contributed by atoms with Gasteiger partial charge in [0.1, 0.15) is 0 Å². The van der Waals surface area contributed by atoms with E-state index in [1.807, 2.05) is 0 Å². The number of thiocarbonyl (C=S) groups is 1. The summed E-state index contributed by atoms with van der Waals surface area (Å²) in [7, 11) is -3.33. The summed E-state index contributed by atoms with van der Waals surface area (Å²) in [6.45, 7) is 3.11. The molecule has 1 saturated heterocycles. The van der Waals surface area contributed by atoms with Crippen LogP contribution in [0.15, 0.2) is 0 Å². The summed E-state index contributed by atoms with van der Waals surface area (Å²) in [5, 5.41) is 0. The predicted octanol–water partition coefficient (Wildman–Crippen LogP) is -0.161. The summed E-state index contributed by atoms with van der Waals surface area (Å²) in [6.07, 6.45) is 1.69. The van der Waals surface area contributed by atoms with Crippen LogP contribution in [0.5, 0.6) is 0 Å². The fourth-order valence-corrected chi connectivity index (χ4v) is 3.15. The van der Waals surface area contributed by atoms with Crippen LogP contribution in [0, 0.1) is 5.92 Å². The highest BCUT2D eigenvalue weighted by atomic mass is 32.2. The zero-order valence-electron chi connectivity index (χ0n) is 8.77. The van der Waals surface area contributed by atoms with Crippen molar-refractivity contribution >= 4 is 27.4 Å². The highest BCUT2D eigenvalue weighted by Gasteiger charge is 2.29. The van der Waals surface area contributed by atoms with Crippen LogP contribution in [-0.4, -0.2) is 37.3 Å². The Morgan fingerprint density at radius 1 is 1.67 bits per heavy atom. The number of hydrogen-bond donors (Lipinski definition) is 2. The molecule has 0 aliphatic carbocycles. The third kappa shape index (κ3) is 3.37. The zero-order valence-corrected chi connectivity index (χ0v) is 10.4. The largest absolute Gasteiger partial charge is 0.393 e. The Bertz CT molecular complexity index is 329. The van der Waals surface area contributed by atoms with Gasteiger partial charge in [-0.1, -0.05) is 19.1 Å². The monoisotopic (exact) mass is 251 g/mol. The molecule has 0 saturated carbocycles. The van der Waals surface area contributed by atoms with Gasteiger partial charge >= 0.3 is 0 Å². The van der Waals surface area contributed by atoms with Gasteiger partial charge in [-0.05, 0) is 12.8 Å². The van der Waals surface area contributed by atoms with Crippen molar-refractivity contribution in [2.75, 3.05) is 19.6 Å². The van der Waals surface area contributed by atoms with Gasteiger partial charge in [-0.25, -0.2) is 4.72 Å². The fraction of sp³-hybridized carbons (Fsp3) is 0.875. The van der Waals surface area contributed by atoms with E-state index >= 15 is 0 Å². The summed E-state index contributed by atoms with van der Waals surface area (Å²) in [5.41, 5.74) is 5.54. The van der Waals surface area contributed by atoms with Gasteiger partial charge in [0, 0.05) is 25.6 Å². The fourth-order valence-electron chi connectivity index (χ4n) is 1.67. The summed E-state index contributed by atoms with van der Waals surface area (Å²) in [4.78, 5) is 0.409. The molecular formula is C8H17N3O2S2. The molecule has 0 aromatic heterocycles. The average Bonchev–Trinajstić information content (AvgIpc) is 2.18. The lowest BCUT2D eigenvalue weighted by molar-refractivity contribution is 0.309. The first kappa shape index (κ1) is 12.8. The van der Waals surface area contributed by atoms with Crippen LogP contribution in [0.3, 0.4) is 0 Å². The summed E-state index contributed by atoms with van der Waals surface area (Å²) in [5.74, 6) is 0.0159. The van der Waals surface area contributed by atoms with Gasteiger partial charge < -0.3 is 5.73 Å². The van der Waals surface area contributed by atoms with Crippen molar-refractivity contribution < 1.29 is 8.42 Å². The first-order valence-electron chi connectivity index (χ1n) is 5.01. The van der Waals surface area contributed by atoms with Crippen molar-refractivity contribution in [1.82, 2.24) is 9.03 Å². The number of nitrogens with one attached hydrogen (secondary N) is 1. The van der Waals surface area contributed by atoms with Crippen molar-refractivity contribution in [3.05, 3.63) is 0 Å². The van der Waals surface area contributed by atoms with Crippen LogP contribution < -0.4 is 10.5 Å². The van der Waals surface area contributed by atoms with E-state index in [-0.39, 0.29) is 5.92 Å². The lowest BCUT2D eigenvalue weighted by atomic mass is 10.0. The number of hydrogen-bond acceptors (Lipinski definition) is 3. The van der Waals surface area contributed by atoms with Gasteiger partial charge in [0.25, 0.3) is 10.2 Å².